The zero-order valence-corrected chi connectivity index (χ0v) is 11.9. The van der Waals surface area contributed by atoms with E-state index >= 15 is 0 Å². The Morgan fingerprint density at radius 2 is 2.06 bits per heavy atom. The van der Waals surface area contributed by atoms with E-state index in [2.05, 4.69) is 31.2 Å². The van der Waals surface area contributed by atoms with Crippen LogP contribution in [0.25, 0.3) is 0 Å². The van der Waals surface area contributed by atoms with Crippen LogP contribution >= 0.6 is 0 Å². The van der Waals surface area contributed by atoms with Crippen molar-refractivity contribution in [2.24, 2.45) is 5.92 Å². The third kappa shape index (κ3) is 4.42. The van der Waals surface area contributed by atoms with Gasteiger partial charge in [0.1, 0.15) is 0 Å². The largest absolute Gasteiger partial charge is 0.392 e. The van der Waals surface area contributed by atoms with E-state index in [0.717, 1.165) is 32.4 Å². The Labute approximate surface area is 110 Å². The summed E-state index contributed by atoms with van der Waals surface area (Å²) in [6.45, 7) is 8.80. The van der Waals surface area contributed by atoms with Gasteiger partial charge in [-0.05, 0) is 18.4 Å². The first-order valence-electron chi connectivity index (χ1n) is 7.12. The summed E-state index contributed by atoms with van der Waals surface area (Å²) in [7, 11) is 0. The quantitative estimate of drug-likeness (QED) is 0.709. The van der Waals surface area contributed by atoms with Gasteiger partial charge >= 0.3 is 0 Å². The normalized spacial score (nSPS) is 13.2. The van der Waals surface area contributed by atoms with E-state index in [1.165, 1.54) is 5.69 Å². The van der Waals surface area contributed by atoms with Crippen molar-refractivity contribution in [2.45, 2.75) is 59.2 Å². The number of aliphatic hydroxyl groups is 1. The van der Waals surface area contributed by atoms with Crippen LogP contribution in [0.3, 0.4) is 0 Å². The van der Waals surface area contributed by atoms with Crippen LogP contribution in [0.4, 0.5) is 0 Å². The molecule has 0 radical (unpaired) electrons. The fraction of sp³-hybridized carbons (Fsp3) is 0.786. The van der Waals surface area contributed by atoms with Gasteiger partial charge in [0, 0.05) is 25.8 Å². The predicted molar refractivity (Wildman–Crippen MR) is 74.3 cm³/mol. The second-order valence-electron chi connectivity index (χ2n) is 4.82. The number of aryl methyl sites for hydroxylation is 1. The van der Waals surface area contributed by atoms with Crippen LogP contribution in [0.2, 0.25) is 0 Å². The molecule has 104 valence electrons. The van der Waals surface area contributed by atoms with Crippen LogP contribution < -0.4 is 5.32 Å². The Hall–Kier alpha value is -0.870. The van der Waals surface area contributed by atoms with Gasteiger partial charge in [-0.1, -0.05) is 33.6 Å². The second kappa shape index (κ2) is 8.27. The lowest BCUT2D eigenvalue weighted by Gasteiger charge is -2.20. The lowest BCUT2D eigenvalue weighted by Crippen LogP contribution is -2.32. The van der Waals surface area contributed by atoms with Crippen molar-refractivity contribution in [1.82, 2.24) is 15.1 Å². The summed E-state index contributed by atoms with van der Waals surface area (Å²) in [4.78, 5) is 0. The van der Waals surface area contributed by atoms with Crippen molar-refractivity contribution in [3.8, 4) is 0 Å². The molecule has 4 nitrogen and oxygen atoms in total. The highest BCUT2D eigenvalue weighted by Gasteiger charge is 2.14. The van der Waals surface area contributed by atoms with Gasteiger partial charge in [-0.2, -0.15) is 5.10 Å². The van der Waals surface area contributed by atoms with E-state index in [-0.39, 0.29) is 6.10 Å². The second-order valence-corrected chi connectivity index (χ2v) is 4.82. The molecule has 4 heteroatoms. The number of nitrogens with one attached hydrogen (secondary N) is 1. The Morgan fingerprint density at radius 3 is 2.67 bits per heavy atom. The van der Waals surface area contributed by atoms with Crippen LogP contribution in [0.15, 0.2) is 12.3 Å². The van der Waals surface area contributed by atoms with E-state index in [4.69, 9.17) is 0 Å². The molecule has 0 saturated heterocycles. The molecule has 0 aliphatic carbocycles. The number of hydrogen-bond donors (Lipinski definition) is 2. The molecule has 0 aliphatic heterocycles. The molecule has 0 saturated carbocycles. The number of hydrogen-bond acceptors (Lipinski definition) is 3. The molecule has 0 aromatic carbocycles. The van der Waals surface area contributed by atoms with Crippen molar-refractivity contribution >= 4 is 0 Å². The summed E-state index contributed by atoms with van der Waals surface area (Å²) in [5, 5.41) is 17.6. The molecule has 18 heavy (non-hydrogen) atoms. The molecule has 0 aliphatic rings. The molecule has 1 atom stereocenters. The topological polar surface area (TPSA) is 50.1 Å². The number of rotatable bonds is 9. The van der Waals surface area contributed by atoms with E-state index < -0.39 is 0 Å². The maximum absolute atomic E-state index is 10.0. The van der Waals surface area contributed by atoms with Gasteiger partial charge in [-0.15, -0.1) is 0 Å². The highest BCUT2D eigenvalue weighted by molar-refractivity contribution is 5.00. The summed E-state index contributed by atoms with van der Waals surface area (Å²) < 4.78 is 2.02. The van der Waals surface area contributed by atoms with Crippen molar-refractivity contribution in [3.63, 3.8) is 0 Å². The highest BCUT2D eigenvalue weighted by Crippen LogP contribution is 2.12. The van der Waals surface area contributed by atoms with Gasteiger partial charge in [-0.3, -0.25) is 4.68 Å². The summed E-state index contributed by atoms with van der Waals surface area (Å²) >= 11 is 0. The molecule has 0 amide bonds. The molecule has 1 aromatic heterocycles. The molecule has 1 aromatic rings. The molecule has 0 fully saturated rings. The smallest absolute Gasteiger partial charge is 0.0692 e. The minimum atomic E-state index is -0.248. The average Bonchev–Trinajstić information content (AvgIpc) is 2.79. The lowest BCUT2D eigenvalue weighted by molar-refractivity contribution is 0.101. The lowest BCUT2D eigenvalue weighted by atomic mass is 9.96. The summed E-state index contributed by atoms with van der Waals surface area (Å²) in [5.74, 6) is 0.401. The molecule has 1 rings (SSSR count). The fourth-order valence-corrected chi connectivity index (χ4v) is 2.27. The van der Waals surface area contributed by atoms with Crippen molar-refractivity contribution in [3.05, 3.63) is 18.0 Å². The summed E-state index contributed by atoms with van der Waals surface area (Å²) in [6, 6.07) is 2.03. The van der Waals surface area contributed by atoms with Gasteiger partial charge in [0.05, 0.1) is 11.8 Å². The van der Waals surface area contributed by atoms with E-state index in [1.54, 1.807) is 0 Å². The van der Waals surface area contributed by atoms with Gasteiger partial charge in [0.15, 0.2) is 0 Å². The number of nitrogens with zero attached hydrogens (tertiary/aromatic N) is 2. The average molecular weight is 253 g/mol. The molecule has 0 bridgehead atoms. The molecule has 2 N–H and O–H groups in total. The van der Waals surface area contributed by atoms with Gasteiger partial charge in [0.25, 0.3) is 0 Å². The van der Waals surface area contributed by atoms with E-state index in [0.29, 0.717) is 12.5 Å². The summed E-state index contributed by atoms with van der Waals surface area (Å²) in [5.41, 5.74) is 1.19. The molecule has 1 heterocycles. The standard InChI is InChI=1S/C14H27N3O/c1-4-9-17-13(7-8-16-17)10-15-11-14(18)12(5-2)6-3/h7-8,12,14-15,18H,4-6,9-11H2,1-3H3. The van der Waals surface area contributed by atoms with Crippen LogP contribution in [-0.2, 0) is 13.1 Å². The first-order valence-corrected chi connectivity index (χ1v) is 7.12. The zero-order valence-electron chi connectivity index (χ0n) is 11.9. The first kappa shape index (κ1) is 15.2. The maximum Gasteiger partial charge on any atom is 0.0692 e. The Morgan fingerprint density at radius 1 is 1.33 bits per heavy atom. The minimum absolute atomic E-state index is 0.248. The van der Waals surface area contributed by atoms with E-state index in [1.807, 2.05) is 16.9 Å². The Kier molecular flexibility index (Phi) is 6.98. The van der Waals surface area contributed by atoms with Crippen molar-refractivity contribution in [2.75, 3.05) is 6.54 Å². The van der Waals surface area contributed by atoms with E-state index in [9.17, 15) is 5.11 Å². The minimum Gasteiger partial charge on any atom is -0.392 e. The third-order valence-corrected chi connectivity index (χ3v) is 3.49. The highest BCUT2D eigenvalue weighted by atomic mass is 16.3. The van der Waals surface area contributed by atoms with Crippen LogP contribution in [0.5, 0.6) is 0 Å². The monoisotopic (exact) mass is 253 g/mol. The predicted octanol–water partition coefficient (Wildman–Crippen LogP) is 2.18. The van der Waals surface area contributed by atoms with Crippen molar-refractivity contribution in [1.29, 1.82) is 0 Å². The molecule has 0 spiro atoms. The molecular weight excluding hydrogens is 226 g/mol. The maximum atomic E-state index is 10.0. The SMILES string of the molecule is CCCn1nccc1CNCC(O)C(CC)CC. The van der Waals surface area contributed by atoms with Crippen LogP contribution in [-0.4, -0.2) is 27.5 Å². The zero-order chi connectivity index (χ0) is 13.4. The summed E-state index contributed by atoms with van der Waals surface area (Å²) in [6.07, 6.45) is 4.75. The fourth-order valence-electron chi connectivity index (χ4n) is 2.27. The van der Waals surface area contributed by atoms with Gasteiger partial charge in [0.2, 0.25) is 0 Å². The first-order chi connectivity index (χ1) is 8.72. The number of aliphatic hydroxyl groups excluding tert-OH is 1. The Balaban J connectivity index is 2.34. The van der Waals surface area contributed by atoms with Crippen LogP contribution in [0.1, 0.15) is 45.7 Å². The third-order valence-electron chi connectivity index (χ3n) is 3.49. The van der Waals surface area contributed by atoms with Crippen LogP contribution in [0, 0.1) is 5.92 Å². The van der Waals surface area contributed by atoms with Gasteiger partial charge < -0.3 is 10.4 Å². The molecule has 1 unspecified atom stereocenters. The Bertz CT molecular complexity index is 321. The number of aromatic nitrogens is 2. The molecular formula is C14H27N3O. The van der Waals surface area contributed by atoms with Gasteiger partial charge in [-0.25, -0.2) is 0 Å². The van der Waals surface area contributed by atoms with Crippen molar-refractivity contribution < 1.29 is 5.11 Å².